The normalized spacial score (nSPS) is 11.2. The summed E-state index contributed by atoms with van der Waals surface area (Å²) in [5.41, 5.74) is 1.04. The molecule has 1 aromatic heterocycles. The second-order valence-corrected chi connectivity index (χ2v) is 4.36. The molecule has 0 aliphatic rings. The maximum absolute atomic E-state index is 4.49. The Hall–Kier alpha value is -1.55. The van der Waals surface area contributed by atoms with Crippen LogP contribution in [-0.2, 0) is 6.54 Å². The fourth-order valence-electron chi connectivity index (χ4n) is 1.31. The lowest BCUT2D eigenvalue weighted by Crippen LogP contribution is -2.02. The molecule has 1 heterocycles. The monoisotopic (exact) mass is 247 g/mol. The van der Waals surface area contributed by atoms with Crippen molar-refractivity contribution in [2.75, 3.05) is 5.75 Å². The van der Waals surface area contributed by atoms with Gasteiger partial charge in [-0.2, -0.15) is 0 Å². The van der Waals surface area contributed by atoms with Gasteiger partial charge in [0.2, 0.25) is 5.16 Å². The molecular formula is C13H17N3S. The first-order chi connectivity index (χ1) is 8.22. The minimum absolute atomic E-state index is 0.652. The first-order valence-corrected chi connectivity index (χ1v) is 6.30. The Morgan fingerprint density at radius 1 is 1.35 bits per heavy atom. The molecule has 0 aliphatic heterocycles. The van der Waals surface area contributed by atoms with E-state index < -0.39 is 0 Å². The zero-order valence-electron chi connectivity index (χ0n) is 10.1. The second kappa shape index (κ2) is 6.91. The Labute approximate surface area is 107 Å². The van der Waals surface area contributed by atoms with Crippen molar-refractivity contribution in [3.8, 4) is 0 Å². The van der Waals surface area contributed by atoms with Crippen LogP contribution in [0.3, 0.4) is 0 Å². The van der Waals surface area contributed by atoms with Crippen molar-refractivity contribution in [1.29, 1.82) is 0 Å². The smallest absolute Gasteiger partial charge is 0.209 e. The highest BCUT2D eigenvalue weighted by molar-refractivity contribution is 7.99. The number of allylic oxidation sites excluding steroid dienone is 4. The maximum Gasteiger partial charge on any atom is 0.209 e. The number of hydrogen-bond donors (Lipinski definition) is 0. The van der Waals surface area contributed by atoms with Crippen molar-refractivity contribution in [1.82, 2.24) is 14.8 Å². The van der Waals surface area contributed by atoms with E-state index in [1.54, 1.807) is 23.9 Å². The molecule has 0 aliphatic carbocycles. The summed E-state index contributed by atoms with van der Waals surface area (Å²) >= 11 is 1.57. The van der Waals surface area contributed by atoms with Crippen molar-refractivity contribution in [2.24, 2.45) is 0 Å². The Balaban J connectivity index is 3.03. The third-order valence-corrected chi connectivity index (χ3v) is 2.84. The summed E-state index contributed by atoms with van der Waals surface area (Å²) in [6.07, 6.45) is 7.32. The molecule has 4 heteroatoms. The first kappa shape index (κ1) is 13.5. The van der Waals surface area contributed by atoms with E-state index in [9.17, 15) is 0 Å². The average Bonchev–Trinajstić information content (AvgIpc) is 2.70. The molecule has 1 rings (SSSR count). The van der Waals surface area contributed by atoms with E-state index in [1.807, 2.05) is 23.8 Å². The third-order valence-electron chi connectivity index (χ3n) is 2.01. The molecule has 0 saturated heterocycles. The van der Waals surface area contributed by atoms with Gasteiger partial charge in [-0.25, -0.2) is 9.67 Å². The molecule has 17 heavy (non-hydrogen) atoms. The van der Waals surface area contributed by atoms with E-state index in [1.165, 1.54) is 0 Å². The molecule has 0 aromatic carbocycles. The molecule has 1 aromatic rings. The zero-order chi connectivity index (χ0) is 12.7. The van der Waals surface area contributed by atoms with E-state index in [0.717, 1.165) is 22.3 Å². The van der Waals surface area contributed by atoms with Crippen LogP contribution in [0.1, 0.15) is 12.7 Å². The van der Waals surface area contributed by atoms with Gasteiger partial charge in [-0.15, -0.1) is 18.3 Å². The lowest BCUT2D eigenvalue weighted by Gasteiger charge is -2.01. The Morgan fingerprint density at radius 3 is 2.71 bits per heavy atom. The van der Waals surface area contributed by atoms with Crippen LogP contribution in [0.4, 0.5) is 0 Å². The predicted molar refractivity (Wildman–Crippen MR) is 75.0 cm³/mol. The van der Waals surface area contributed by atoms with Crippen LogP contribution in [0.25, 0.3) is 5.57 Å². The third kappa shape index (κ3) is 3.75. The molecule has 3 nitrogen and oxygen atoms in total. The molecule has 0 amide bonds. The van der Waals surface area contributed by atoms with Crippen molar-refractivity contribution in [3.63, 3.8) is 0 Å². The van der Waals surface area contributed by atoms with Gasteiger partial charge in [0.25, 0.3) is 0 Å². The molecular weight excluding hydrogens is 230 g/mol. The van der Waals surface area contributed by atoms with Gasteiger partial charge < -0.3 is 0 Å². The standard InChI is InChI=1S/C13H17N3S/c1-5-8-11(4)12-14-13(17-10-7-3)15-16(12)9-6-2/h5-8H,1-3,9-10H2,4H3. The van der Waals surface area contributed by atoms with Gasteiger partial charge in [0.1, 0.15) is 0 Å². The Morgan fingerprint density at radius 2 is 2.12 bits per heavy atom. The summed E-state index contributed by atoms with van der Waals surface area (Å²) in [6, 6.07) is 0. The Kier molecular flexibility index (Phi) is 5.49. The van der Waals surface area contributed by atoms with Gasteiger partial charge in [0.15, 0.2) is 5.82 Å². The van der Waals surface area contributed by atoms with Crippen LogP contribution >= 0.6 is 11.8 Å². The summed E-state index contributed by atoms with van der Waals surface area (Å²) in [5.74, 6) is 1.67. The minimum Gasteiger partial charge on any atom is -0.241 e. The van der Waals surface area contributed by atoms with Crippen molar-refractivity contribution >= 4 is 17.3 Å². The van der Waals surface area contributed by atoms with Crippen LogP contribution in [0, 0.1) is 0 Å². The second-order valence-electron chi connectivity index (χ2n) is 3.37. The lowest BCUT2D eigenvalue weighted by molar-refractivity contribution is 0.672. The van der Waals surface area contributed by atoms with Crippen LogP contribution < -0.4 is 0 Å². The molecule has 0 saturated carbocycles. The average molecular weight is 247 g/mol. The van der Waals surface area contributed by atoms with Gasteiger partial charge in [-0.1, -0.05) is 42.6 Å². The summed E-state index contributed by atoms with van der Waals surface area (Å²) in [7, 11) is 0. The highest BCUT2D eigenvalue weighted by atomic mass is 32.2. The van der Waals surface area contributed by atoms with Crippen molar-refractivity contribution in [3.05, 3.63) is 49.9 Å². The van der Waals surface area contributed by atoms with E-state index >= 15 is 0 Å². The molecule has 0 fully saturated rings. The fraction of sp³-hybridized carbons (Fsp3) is 0.231. The van der Waals surface area contributed by atoms with Gasteiger partial charge in [-0.3, -0.25) is 0 Å². The highest BCUT2D eigenvalue weighted by Gasteiger charge is 2.10. The summed E-state index contributed by atoms with van der Waals surface area (Å²) in [5, 5.41) is 5.18. The molecule has 0 spiro atoms. The largest absolute Gasteiger partial charge is 0.241 e. The van der Waals surface area contributed by atoms with E-state index in [0.29, 0.717) is 6.54 Å². The van der Waals surface area contributed by atoms with E-state index in [4.69, 9.17) is 0 Å². The van der Waals surface area contributed by atoms with Crippen molar-refractivity contribution < 1.29 is 0 Å². The quantitative estimate of drug-likeness (QED) is 0.420. The van der Waals surface area contributed by atoms with Gasteiger partial charge in [-0.05, 0) is 12.5 Å². The molecule has 90 valence electrons. The minimum atomic E-state index is 0.652. The molecule has 0 bridgehead atoms. The van der Waals surface area contributed by atoms with Gasteiger partial charge in [0, 0.05) is 5.75 Å². The first-order valence-electron chi connectivity index (χ1n) is 5.32. The SMILES string of the molecule is C=CC=C(C)c1nc(SCC=C)nn1CC=C. The van der Waals surface area contributed by atoms with Gasteiger partial charge >= 0.3 is 0 Å². The number of aromatic nitrogens is 3. The number of nitrogens with zero attached hydrogens (tertiary/aromatic N) is 3. The van der Waals surface area contributed by atoms with Crippen LogP contribution in [0.5, 0.6) is 0 Å². The Bertz CT molecular complexity index is 444. The zero-order valence-corrected chi connectivity index (χ0v) is 10.9. The highest BCUT2D eigenvalue weighted by Crippen LogP contribution is 2.18. The van der Waals surface area contributed by atoms with E-state index in [2.05, 4.69) is 29.8 Å². The van der Waals surface area contributed by atoms with Crippen LogP contribution in [-0.4, -0.2) is 20.5 Å². The number of thioether (sulfide) groups is 1. The van der Waals surface area contributed by atoms with Crippen molar-refractivity contribution in [2.45, 2.75) is 18.6 Å². The molecule has 0 unspecified atom stereocenters. The molecule has 0 radical (unpaired) electrons. The topological polar surface area (TPSA) is 30.7 Å². The number of hydrogen-bond acceptors (Lipinski definition) is 3. The summed E-state index contributed by atoms with van der Waals surface area (Å²) < 4.78 is 1.84. The fourth-order valence-corrected chi connectivity index (χ4v) is 1.88. The van der Waals surface area contributed by atoms with E-state index in [-0.39, 0.29) is 0 Å². The maximum atomic E-state index is 4.49. The molecule has 0 N–H and O–H groups in total. The van der Waals surface area contributed by atoms with Crippen LogP contribution in [0.15, 0.2) is 49.2 Å². The van der Waals surface area contributed by atoms with Gasteiger partial charge in [0.05, 0.1) is 6.54 Å². The predicted octanol–water partition coefficient (Wildman–Crippen LogP) is 3.33. The summed E-state index contributed by atoms with van der Waals surface area (Å²) in [4.78, 5) is 4.49. The summed E-state index contributed by atoms with van der Waals surface area (Å²) in [6.45, 7) is 13.7. The van der Waals surface area contributed by atoms with Crippen LogP contribution in [0.2, 0.25) is 0 Å². The molecule has 0 atom stereocenters. The lowest BCUT2D eigenvalue weighted by atomic mass is 10.2. The number of rotatable bonds is 7.